The number of Topliss-reactive ketones (excluding diaryl/α,β-unsaturated/α-hetero) is 1. The zero-order chi connectivity index (χ0) is 17.7. The van der Waals surface area contributed by atoms with Crippen molar-refractivity contribution in [3.8, 4) is 11.5 Å². The maximum atomic E-state index is 13.1. The van der Waals surface area contributed by atoms with E-state index in [1.165, 1.54) is 36.6 Å². The van der Waals surface area contributed by atoms with Gasteiger partial charge in [-0.15, -0.1) is 10.2 Å². The van der Waals surface area contributed by atoms with Crippen molar-refractivity contribution in [3.05, 3.63) is 29.8 Å². The fourth-order valence-corrected chi connectivity index (χ4v) is 6.61. The minimum absolute atomic E-state index is 0.0401. The molecule has 0 N–H and O–H groups in total. The smallest absolute Gasteiger partial charge is 0.277 e. The number of nitrogens with zero attached hydrogens (tertiary/aromatic N) is 2. The Morgan fingerprint density at radius 3 is 2.31 bits per heavy atom. The van der Waals surface area contributed by atoms with E-state index in [0.717, 1.165) is 42.6 Å². The molecule has 4 nitrogen and oxygen atoms in total. The third-order valence-corrected chi connectivity index (χ3v) is 7.48. The highest BCUT2D eigenvalue weighted by Gasteiger charge is 2.54. The topological polar surface area (TPSA) is 56.0 Å². The number of hydrogen-bond donors (Lipinski definition) is 0. The number of rotatable bonds is 5. The van der Waals surface area contributed by atoms with Gasteiger partial charge in [0.25, 0.3) is 5.22 Å². The molecule has 4 fully saturated rings. The zero-order valence-corrected chi connectivity index (χ0v) is 15.9. The van der Waals surface area contributed by atoms with Crippen molar-refractivity contribution in [2.45, 2.75) is 50.7 Å². The minimum Gasteiger partial charge on any atom is -0.411 e. The number of carbonyl (C=O) groups excluding carboxylic acids is 1. The average Bonchev–Trinajstić information content (AvgIpc) is 3.08. The first-order valence-corrected chi connectivity index (χ1v) is 10.6. The van der Waals surface area contributed by atoms with E-state index in [4.69, 9.17) is 4.42 Å². The summed E-state index contributed by atoms with van der Waals surface area (Å²) >= 11 is 1.41. The number of carbonyl (C=O) groups is 1. The molecular formula is C21H24N2O2S. The standard InChI is InChI=1S/C21H24N2O2S/c1-13-2-4-17(5-3-13)19-22-23-20(25-19)26-12-18(24)21-9-14-6-15(10-21)8-16(7-14)11-21/h2-5,14-16H,6-12H2,1H3. The Morgan fingerprint density at radius 1 is 1.08 bits per heavy atom. The van der Waals surface area contributed by atoms with Gasteiger partial charge in [0.15, 0.2) is 0 Å². The second-order valence-corrected chi connectivity index (χ2v) is 9.58. The molecular weight excluding hydrogens is 344 g/mol. The summed E-state index contributed by atoms with van der Waals surface area (Å²) < 4.78 is 5.77. The maximum Gasteiger partial charge on any atom is 0.277 e. The van der Waals surface area contributed by atoms with Gasteiger partial charge < -0.3 is 4.42 Å². The van der Waals surface area contributed by atoms with E-state index >= 15 is 0 Å². The summed E-state index contributed by atoms with van der Waals surface area (Å²) in [4.78, 5) is 13.1. The monoisotopic (exact) mass is 368 g/mol. The van der Waals surface area contributed by atoms with Gasteiger partial charge in [-0.1, -0.05) is 29.5 Å². The number of aromatic nitrogens is 2. The number of benzene rings is 1. The molecule has 136 valence electrons. The second-order valence-electron chi connectivity index (χ2n) is 8.65. The zero-order valence-electron chi connectivity index (χ0n) is 15.1. The summed E-state index contributed by atoms with van der Waals surface area (Å²) in [5, 5.41) is 8.76. The normalized spacial score (nSPS) is 32.1. The van der Waals surface area contributed by atoms with Crippen molar-refractivity contribution < 1.29 is 9.21 Å². The van der Waals surface area contributed by atoms with Crippen LogP contribution in [0.1, 0.15) is 44.1 Å². The molecule has 4 saturated carbocycles. The van der Waals surface area contributed by atoms with Crippen LogP contribution in [-0.4, -0.2) is 21.7 Å². The highest BCUT2D eigenvalue weighted by atomic mass is 32.2. The van der Waals surface area contributed by atoms with E-state index in [-0.39, 0.29) is 5.41 Å². The molecule has 1 heterocycles. The lowest BCUT2D eigenvalue weighted by Gasteiger charge is -2.55. The SMILES string of the molecule is Cc1ccc(-c2nnc(SCC(=O)C34CC5CC(CC(C5)C3)C4)o2)cc1. The van der Waals surface area contributed by atoms with Crippen molar-refractivity contribution >= 4 is 17.5 Å². The summed E-state index contributed by atoms with van der Waals surface area (Å²) in [6.45, 7) is 2.05. The summed E-state index contributed by atoms with van der Waals surface area (Å²) in [6.07, 6.45) is 7.46. The molecule has 4 aliphatic carbocycles. The predicted octanol–water partition coefficient (Wildman–Crippen LogP) is 4.92. The van der Waals surface area contributed by atoms with Crippen LogP contribution in [0.4, 0.5) is 0 Å². The predicted molar refractivity (Wildman–Crippen MR) is 101 cm³/mol. The van der Waals surface area contributed by atoms with Crippen LogP contribution in [0, 0.1) is 30.1 Å². The molecule has 4 aliphatic rings. The molecule has 0 aliphatic heterocycles. The van der Waals surface area contributed by atoms with E-state index in [0.29, 0.717) is 22.6 Å². The lowest BCUT2D eigenvalue weighted by Crippen LogP contribution is -2.50. The molecule has 0 atom stereocenters. The Labute approximate surface area is 158 Å². The van der Waals surface area contributed by atoms with E-state index in [1.807, 2.05) is 24.3 Å². The van der Waals surface area contributed by atoms with Gasteiger partial charge in [0, 0.05) is 11.0 Å². The van der Waals surface area contributed by atoms with E-state index < -0.39 is 0 Å². The molecule has 5 heteroatoms. The van der Waals surface area contributed by atoms with Crippen LogP contribution in [0.3, 0.4) is 0 Å². The fourth-order valence-electron chi connectivity index (χ4n) is 5.81. The number of thioether (sulfide) groups is 1. The Kier molecular flexibility index (Phi) is 3.96. The van der Waals surface area contributed by atoms with Crippen LogP contribution in [0.15, 0.2) is 33.9 Å². The summed E-state index contributed by atoms with van der Waals surface area (Å²) in [5.41, 5.74) is 2.08. The highest BCUT2D eigenvalue weighted by molar-refractivity contribution is 7.99. The van der Waals surface area contributed by atoms with Crippen molar-refractivity contribution in [3.63, 3.8) is 0 Å². The van der Waals surface area contributed by atoms with Gasteiger partial charge in [-0.3, -0.25) is 4.79 Å². The summed E-state index contributed by atoms with van der Waals surface area (Å²) in [5.74, 6) is 3.79. The molecule has 4 bridgehead atoms. The minimum atomic E-state index is -0.0401. The Hall–Kier alpha value is -1.62. The van der Waals surface area contributed by atoms with Crippen molar-refractivity contribution in [2.75, 3.05) is 5.75 Å². The first-order chi connectivity index (χ1) is 12.6. The quantitative estimate of drug-likeness (QED) is 0.701. The first-order valence-electron chi connectivity index (χ1n) is 9.66. The average molecular weight is 369 g/mol. The van der Waals surface area contributed by atoms with Crippen molar-refractivity contribution in [2.24, 2.45) is 23.2 Å². The molecule has 0 amide bonds. The van der Waals surface area contributed by atoms with Gasteiger partial charge >= 0.3 is 0 Å². The summed E-state index contributed by atoms with van der Waals surface area (Å²) in [6, 6.07) is 8.03. The van der Waals surface area contributed by atoms with Crippen LogP contribution in [0.25, 0.3) is 11.5 Å². The fraction of sp³-hybridized carbons (Fsp3) is 0.571. The molecule has 6 rings (SSSR count). The van der Waals surface area contributed by atoms with Gasteiger partial charge in [0.05, 0.1) is 5.75 Å². The van der Waals surface area contributed by atoms with Crippen molar-refractivity contribution in [1.29, 1.82) is 0 Å². The van der Waals surface area contributed by atoms with Gasteiger partial charge in [-0.25, -0.2) is 0 Å². The molecule has 26 heavy (non-hydrogen) atoms. The van der Waals surface area contributed by atoms with E-state index in [1.54, 1.807) is 0 Å². The Bertz CT molecular complexity index is 792. The van der Waals surface area contributed by atoms with Crippen LogP contribution < -0.4 is 0 Å². The molecule has 0 radical (unpaired) electrons. The van der Waals surface area contributed by atoms with Crippen molar-refractivity contribution in [1.82, 2.24) is 10.2 Å². The Balaban J connectivity index is 1.25. The van der Waals surface area contributed by atoms with Crippen LogP contribution >= 0.6 is 11.8 Å². The number of aryl methyl sites for hydroxylation is 1. The lowest BCUT2D eigenvalue weighted by molar-refractivity contribution is -0.141. The third kappa shape index (κ3) is 2.90. The molecule has 0 saturated heterocycles. The molecule has 0 unspecified atom stereocenters. The number of hydrogen-bond acceptors (Lipinski definition) is 5. The summed E-state index contributed by atoms with van der Waals surface area (Å²) in [7, 11) is 0. The van der Waals surface area contributed by atoms with Crippen LogP contribution in [0.5, 0.6) is 0 Å². The van der Waals surface area contributed by atoms with Gasteiger partial charge in [-0.2, -0.15) is 0 Å². The van der Waals surface area contributed by atoms with Crippen LogP contribution in [-0.2, 0) is 4.79 Å². The van der Waals surface area contributed by atoms with Gasteiger partial charge in [0.2, 0.25) is 5.89 Å². The Morgan fingerprint density at radius 2 is 1.69 bits per heavy atom. The molecule has 0 spiro atoms. The molecule has 1 aromatic heterocycles. The highest BCUT2D eigenvalue weighted by Crippen LogP contribution is 2.60. The molecule has 2 aromatic rings. The second kappa shape index (κ2) is 6.22. The van der Waals surface area contributed by atoms with E-state index in [9.17, 15) is 4.79 Å². The third-order valence-electron chi connectivity index (χ3n) is 6.66. The number of ketones is 1. The largest absolute Gasteiger partial charge is 0.411 e. The van der Waals surface area contributed by atoms with Gasteiger partial charge in [-0.05, 0) is 75.3 Å². The maximum absolute atomic E-state index is 13.1. The first kappa shape index (κ1) is 16.5. The lowest BCUT2D eigenvalue weighted by atomic mass is 9.48. The van der Waals surface area contributed by atoms with Crippen LogP contribution in [0.2, 0.25) is 0 Å². The molecule has 1 aromatic carbocycles. The van der Waals surface area contributed by atoms with Gasteiger partial charge in [0.1, 0.15) is 5.78 Å². The van der Waals surface area contributed by atoms with E-state index in [2.05, 4.69) is 17.1 Å².